The Bertz CT molecular complexity index is 707. The number of aliphatic hydroxyl groups excluding tert-OH is 1. The van der Waals surface area contributed by atoms with Gasteiger partial charge in [-0.1, -0.05) is 42.8 Å². The van der Waals surface area contributed by atoms with Gasteiger partial charge in [-0.2, -0.15) is 0 Å². The van der Waals surface area contributed by atoms with E-state index in [2.05, 4.69) is 10.4 Å². The monoisotopic (exact) mass is 340 g/mol. The molecule has 0 amide bonds. The van der Waals surface area contributed by atoms with Gasteiger partial charge in [-0.05, 0) is 36.1 Å². The van der Waals surface area contributed by atoms with Crippen molar-refractivity contribution in [3.05, 3.63) is 59.7 Å². The average molecular weight is 340 g/mol. The van der Waals surface area contributed by atoms with Gasteiger partial charge in [0.15, 0.2) is 11.5 Å². The molecule has 0 aromatic heterocycles. The van der Waals surface area contributed by atoms with E-state index in [1.54, 1.807) is 0 Å². The van der Waals surface area contributed by atoms with Crippen LogP contribution in [-0.2, 0) is 6.54 Å². The van der Waals surface area contributed by atoms with Crippen LogP contribution in [0.15, 0.2) is 48.5 Å². The fourth-order valence-electron chi connectivity index (χ4n) is 3.60. The molecule has 2 aromatic carbocycles. The van der Waals surface area contributed by atoms with Crippen molar-refractivity contribution in [3.63, 3.8) is 0 Å². The summed E-state index contributed by atoms with van der Waals surface area (Å²) in [6.07, 6.45) is 2.80. The molecule has 0 aliphatic carbocycles. The van der Waals surface area contributed by atoms with E-state index in [-0.39, 0.29) is 6.04 Å². The lowest BCUT2D eigenvalue weighted by atomic mass is 9.94. The Balaban J connectivity index is 1.42. The van der Waals surface area contributed by atoms with Crippen molar-refractivity contribution in [3.8, 4) is 11.5 Å². The minimum atomic E-state index is -0.481. The number of benzene rings is 2. The molecule has 0 bridgehead atoms. The Morgan fingerprint density at radius 2 is 1.92 bits per heavy atom. The first-order valence-corrected chi connectivity index (χ1v) is 8.93. The van der Waals surface area contributed by atoms with Gasteiger partial charge in [0.05, 0.1) is 12.1 Å². The Kier molecular flexibility index (Phi) is 4.88. The Labute approximate surface area is 148 Å². The average Bonchev–Trinajstić information content (AvgIpc) is 3.14. The molecule has 5 nitrogen and oxygen atoms in total. The topological polar surface area (TPSA) is 54.0 Å². The van der Waals surface area contributed by atoms with Gasteiger partial charge in [0.25, 0.3) is 0 Å². The summed E-state index contributed by atoms with van der Waals surface area (Å²) in [7, 11) is 0. The van der Waals surface area contributed by atoms with Gasteiger partial charge in [-0.3, -0.25) is 5.43 Å². The third-order valence-electron chi connectivity index (χ3n) is 4.98. The van der Waals surface area contributed by atoms with E-state index in [4.69, 9.17) is 9.47 Å². The Hall–Kier alpha value is -2.08. The lowest BCUT2D eigenvalue weighted by Gasteiger charge is -2.38. The zero-order valence-corrected chi connectivity index (χ0v) is 14.2. The smallest absolute Gasteiger partial charge is 0.231 e. The van der Waals surface area contributed by atoms with Crippen LogP contribution in [0.25, 0.3) is 0 Å². The van der Waals surface area contributed by atoms with Crippen LogP contribution in [0.5, 0.6) is 11.5 Å². The van der Waals surface area contributed by atoms with Crippen LogP contribution >= 0.6 is 0 Å². The summed E-state index contributed by atoms with van der Waals surface area (Å²) in [6, 6.07) is 16.0. The summed E-state index contributed by atoms with van der Waals surface area (Å²) in [5.74, 6) is 1.61. The predicted octanol–water partition coefficient (Wildman–Crippen LogP) is 3.01. The summed E-state index contributed by atoms with van der Waals surface area (Å²) in [5.41, 5.74) is 5.62. The molecule has 2 atom stereocenters. The van der Waals surface area contributed by atoms with Gasteiger partial charge in [-0.15, -0.1) is 0 Å². The molecule has 2 aliphatic rings. The van der Waals surface area contributed by atoms with Gasteiger partial charge in [0, 0.05) is 13.1 Å². The quantitative estimate of drug-likeness (QED) is 0.876. The highest BCUT2D eigenvalue weighted by Crippen LogP contribution is 2.33. The third kappa shape index (κ3) is 3.63. The largest absolute Gasteiger partial charge is 0.454 e. The van der Waals surface area contributed by atoms with Crippen molar-refractivity contribution in [1.82, 2.24) is 10.4 Å². The van der Waals surface area contributed by atoms with Gasteiger partial charge >= 0.3 is 0 Å². The molecule has 132 valence electrons. The molecule has 2 aliphatic heterocycles. The summed E-state index contributed by atoms with van der Waals surface area (Å²) in [5, 5.41) is 13.0. The molecule has 2 N–H and O–H groups in total. The van der Waals surface area contributed by atoms with E-state index in [0.29, 0.717) is 13.3 Å². The first-order valence-electron chi connectivity index (χ1n) is 8.93. The third-order valence-corrected chi connectivity index (χ3v) is 4.98. The first-order chi connectivity index (χ1) is 12.3. The predicted molar refractivity (Wildman–Crippen MR) is 95.2 cm³/mol. The molecule has 1 saturated heterocycles. The number of fused-ring (bicyclic) bond motifs is 1. The lowest BCUT2D eigenvalue weighted by molar-refractivity contribution is -0.00804. The number of hydrogen-bond acceptors (Lipinski definition) is 5. The number of hydrogen-bond donors (Lipinski definition) is 2. The minimum Gasteiger partial charge on any atom is -0.454 e. The summed E-state index contributed by atoms with van der Waals surface area (Å²) in [6.45, 7) is 1.94. The van der Waals surface area contributed by atoms with Crippen LogP contribution in [0.3, 0.4) is 0 Å². The number of hydrazine groups is 1. The van der Waals surface area contributed by atoms with Crippen molar-refractivity contribution >= 4 is 0 Å². The van der Waals surface area contributed by atoms with Crippen LogP contribution in [0.2, 0.25) is 0 Å². The zero-order valence-electron chi connectivity index (χ0n) is 14.2. The number of nitrogens with one attached hydrogen (secondary N) is 1. The van der Waals surface area contributed by atoms with E-state index in [9.17, 15) is 5.11 Å². The number of aliphatic hydroxyl groups is 1. The molecule has 2 aromatic rings. The van der Waals surface area contributed by atoms with E-state index in [1.807, 2.05) is 48.5 Å². The molecule has 0 saturated carbocycles. The highest BCUT2D eigenvalue weighted by Gasteiger charge is 2.29. The number of ether oxygens (including phenoxy) is 2. The molecule has 2 heterocycles. The summed E-state index contributed by atoms with van der Waals surface area (Å²) < 4.78 is 10.8. The standard InChI is InChI=1S/C20H24N2O3/c23-20(16-6-2-1-3-7-16)17-8-4-5-11-22(17)21-13-15-9-10-18-19(12-15)25-14-24-18/h1-3,6-7,9-10,12,17,20-21,23H,4-5,8,11,13-14H2. The van der Waals surface area contributed by atoms with Crippen molar-refractivity contribution in [2.45, 2.75) is 38.0 Å². The van der Waals surface area contributed by atoms with Gasteiger partial charge < -0.3 is 14.6 Å². The fourth-order valence-corrected chi connectivity index (χ4v) is 3.60. The highest BCUT2D eigenvalue weighted by atomic mass is 16.7. The maximum atomic E-state index is 10.8. The van der Waals surface area contributed by atoms with Crippen LogP contribution in [0.4, 0.5) is 0 Å². The van der Waals surface area contributed by atoms with Gasteiger partial charge in [0.1, 0.15) is 0 Å². The minimum absolute atomic E-state index is 0.0881. The number of rotatable bonds is 5. The second-order valence-corrected chi connectivity index (χ2v) is 6.63. The second kappa shape index (κ2) is 7.44. The van der Waals surface area contributed by atoms with Crippen molar-refractivity contribution in [2.24, 2.45) is 0 Å². The first kappa shape index (κ1) is 16.4. The van der Waals surface area contributed by atoms with Crippen LogP contribution in [0.1, 0.15) is 36.5 Å². The Morgan fingerprint density at radius 3 is 2.80 bits per heavy atom. The molecular weight excluding hydrogens is 316 g/mol. The van der Waals surface area contributed by atoms with Gasteiger partial charge in [-0.25, -0.2) is 5.01 Å². The van der Waals surface area contributed by atoms with Crippen LogP contribution in [-0.4, -0.2) is 29.5 Å². The Morgan fingerprint density at radius 1 is 1.08 bits per heavy atom. The maximum Gasteiger partial charge on any atom is 0.231 e. The van der Waals surface area contributed by atoms with E-state index in [0.717, 1.165) is 48.4 Å². The SMILES string of the molecule is OC(c1ccccc1)C1CCCCN1NCc1ccc2c(c1)OCO2. The molecular formula is C20H24N2O3. The van der Waals surface area contributed by atoms with E-state index in [1.165, 1.54) is 0 Å². The molecule has 4 rings (SSSR count). The second-order valence-electron chi connectivity index (χ2n) is 6.63. The molecule has 25 heavy (non-hydrogen) atoms. The molecule has 0 radical (unpaired) electrons. The van der Waals surface area contributed by atoms with Gasteiger partial charge in [0.2, 0.25) is 6.79 Å². The fraction of sp³-hybridized carbons (Fsp3) is 0.400. The van der Waals surface area contributed by atoms with Crippen molar-refractivity contribution in [2.75, 3.05) is 13.3 Å². The normalized spacial score (nSPS) is 21.2. The van der Waals surface area contributed by atoms with Crippen molar-refractivity contribution < 1.29 is 14.6 Å². The van der Waals surface area contributed by atoms with E-state index < -0.39 is 6.10 Å². The summed E-state index contributed by atoms with van der Waals surface area (Å²) >= 11 is 0. The highest BCUT2D eigenvalue weighted by molar-refractivity contribution is 5.44. The zero-order chi connectivity index (χ0) is 17.1. The lowest BCUT2D eigenvalue weighted by Crippen LogP contribution is -2.50. The number of piperidine rings is 1. The molecule has 2 unspecified atom stereocenters. The van der Waals surface area contributed by atoms with Crippen LogP contribution in [0, 0.1) is 0 Å². The molecule has 5 heteroatoms. The summed E-state index contributed by atoms with van der Waals surface area (Å²) in [4.78, 5) is 0. The van der Waals surface area contributed by atoms with E-state index >= 15 is 0 Å². The molecule has 0 spiro atoms. The number of nitrogens with zero attached hydrogens (tertiary/aromatic N) is 1. The maximum absolute atomic E-state index is 10.8. The van der Waals surface area contributed by atoms with Crippen molar-refractivity contribution in [1.29, 1.82) is 0 Å². The van der Waals surface area contributed by atoms with Crippen LogP contribution < -0.4 is 14.9 Å². The molecule has 1 fully saturated rings.